The van der Waals surface area contributed by atoms with Crippen LogP contribution in [0.15, 0.2) is 41.4 Å². The standard InChI is InChI=1S/C24H23F7N2O3S.C2H6/c1-13-7-6-8-16-18(13)19(32-21(3,4)12-37(5,35)36)33(20(16)34)17-10-9-15(11-14(17)2)22(25,23(26,27)28)24(29,30)31;1-2/h6-11H,12H2,1-5H3;1-2H3. The van der Waals surface area contributed by atoms with E-state index in [0.29, 0.717) is 23.3 Å². The molecular weight excluding hydrogens is 553 g/mol. The molecule has 0 bridgehead atoms. The molecule has 0 radical (unpaired) electrons. The smallest absolute Gasteiger partial charge is 0.268 e. The first-order chi connectivity index (χ1) is 17.6. The number of hydrogen-bond donors (Lipinski definition) is 0. The van der Waals surface area contributed by atoms with Crippen molar-refractivity contribution in [3.8, 4) is 0 Å². The topological polar surface area (TPSA) is 66.8 Å². The number of aryl methyl sites for hydroxylation is 2. The Morgan fingerprint density at radius 3 is 1.87 bits per heavy atom. The van der Waals surface area contributed by atoms with Crippen LogP contribution in [0.25, 0.3) is 0 Å². The molecule has 0 saturated carbocycles. The van der Waals surface area contributed by atoms with Crippen LogP contribution in [-0.2, 0) is 15.5 Å². The number of hydrogen-bond acceptors (Lipinski definition) is 4. The van der Waals surface area contributed by atoms with E-state index in [9.17, 15) is 43.9 Å². The second kappa shape index (κ2) is 10.5. The molecule has 0 aliphatic carbocycles. The molecule has 0 saturated heterocycles. The van der Waals surface area contributed by atoms with Gasteiger partial charge in [-0.25, -0.2) is 12.8 Å². The van der Waals surface area contributed by atoms with Crippen molar-refractivity contribution in [2.24, 2.45) is 4.99 Å². The largest absolute Gasteiger partial charge is 0.435 e. The summed E-state index contributed by atoms with van der Waals surface area (Å²) in [6.45, 7) is 9.79. The minimum Gasteiger partial charge on any atom is -0.268 e. The van der Waals surface area contributed by atoms with Gasteiger partial charge in [-0.2, -0.15) is 26.3 Å². The summed E-state index contributed by atoms with van der Waals surface area (Å²) < 4.78 is 118. The van der Waals surface area contributed by atoms with Crippen LogP contribution in [-0.4, -0.2) is 50.1 Å². The molecule has 1 amide bonds. The van der Waals surface area contributed by atoms with E-state index in [1.807, 2.05) is 13.8 Å². The molecule has 0 unspecified atom stereocenters. The number of carbonyl (C=O) groups excluding carboxylic acids is 1. The zero-order chi connectivity index (χ0) is 30.4. The maximum absolute atomic E-state index is 14.6. The quantitative estimate of drug-likeness (QED) is 0.362. The predicted octanol–water partition coefficient (Wildman–Crippen LogP) is 6.85. The number of halogens is 7. The van der Waals surface area contributed by atoms with Gasteiger partial charge in [0.1, 0.15) is 15.7 Å². The Bertz CT molecular complexity index is 1380. The Morgan fingerprint density at radius 2 is 1.41 bits per heavy atom. The monoisotopic (exact) mass is 582 g/mol. The van der Waals surface area contributed by atoms with Crippen molar-refractivity contribution in [3.63, 3.8) is 0 Å². The molecule has 2 aromatic carbocycles. The summed E-state index contributed by atoms with van der Waals surface area (Å²) in [5.74, 6) is -1.12. The van der Waals surface area contributed by atoms with E-state index >= 15 is 0 Å². The lowest BCUT2D eigenvalue weighted by atomic mass is 9.92. The fraction of sp³-hybridized carbons (Fsp3) is 0.462. The van der Waals surface area contributed by atoms with Crippen molar-refractivity contribution in [1.29, 1.82) is 0 Å². The van der Waals surface area contributed by atoms with Crippen LogP contribution in [0.1, 0.15) is 60.3 Å². The normalized spacial score (nSPS) is 15.8. The fourth-order valence-corrected chi connectivity index (χ4v) is 5.72. The molecule has 1 aliphatic heterocycles. The van der Waals surface area contributed by atoms with Gasteiger partial charge in [0.2, 0.25) is 0 Å². The van der Waals surface area contributed by atoms with Gasteiger partial charge in [-0.05, 0) is 51.0 Å². The molecule has 0 aromatic heterocycles. The first-order valence-corrected chi connectivity index (χ1v) is 13.8. The van der Waals surface area contributed by atoms with Gasteiger partial charge < -0.3 is 0 Å². The Hall–Kier alpha value is -2.96. The Kier molecular flexibility index (Phi) is 8.72. The number of carbonyl (C=O) groups is 1. The predicted molar refractivity (Wildman–Crippen MR) is 136 cm³/mol. The summed E-state index contributed by atoms with van der Waals surface area (Å²) in [5, 5.41) is 0. The Labute approximate surface area is 222 Å². The molecule has 0 spiro atoms. The summed E-state index contributed by atoms with van der Waals surface area (Å²) >= 11 is 0. The molecular formula is C26H29F7N2O3S. The van der Waals surface area contributed by atoms with Crippen molar-refractivity contribution in [3.05, 3.63) is 64.2 Å². The fourth-order valence-electron chi connectivity index (χ4n) is 4.37. The molecule has 5 nitrogen and oxygen atoms in total. The molecule has 0 fully saturated rings. The number of fused-ring (bicyclic) bond motifs is 1. The minimum atomic E-state index is -6.29. The van der Waals surface area contributed by atoms with Gasteiger partial charge in [0.25, 0.3) is 5.91 Å². The summed E-state index contributed by atoms with van der Waals surface area (Å²) in [6.07, 6.45) is -11.6. The molecule has 216 valence electrons. The number of benzene rings is 2. The Balaban J connectivity index is 0.00000260. The summed E-state index contributed by atoms with van der Waals surface area (Å²) in [4.78, 5) is 18.9. The van der Waals surface area contributed by atoms with Gasteiger partial charge in [0.05, 0.1) is 22.5 Å². The third-order valence-corrected chi connectivity index (χ3v) is 7.01. The number of rotatable bonds is 5. The number of anilines is 1. The molecule has 2 aromatic rings. The summed E-state index contributed by atoms with van der Waals surface area (Å²) in [6, 6.07) is 6.20. The minimum absolute atomic E-state index is 0.0271. The van der Waals surface area contributed by atoms with Gasteiger partial charge in [-0.15, -0.1) is 0 Å². The number of amidine groups is 1. The number of nitrogens with zero attached hydrogens (tertiary/aromatic N) is 2. The second-order valence-corrected chi connectivity index (χ2v) is 11.8. The van der Waals surface area contributed by atoms with Gasteiger partial charge in [-0.1, -0.05) is 38.1 Å². The maximum Gasteiger partial charge on any atom is 0.435 e. The van der Waals surface area contributed by atoms with Crippen LogP contribution in [0.3, 0.4) is 0 Å². The highest BCUT2D eigenvalue weighted by atomic mass is 32.2. The van der Waals surface area contributed by atoms with E-state index in [2.05, 4.69) is 4.99 Å². The van der Waals surface area contributed by atoms with Crippen LogP contribution in [0.2, 0.25) is 0 Å². The lowest BCUT2D eigenvalue weighted by molar-refractivity contribution is -0.348. The highest BCUT2D eigenvalue weighted by Gasteiger charge is 2.73. The zero-order valence-electron chi connectivity index (χ0n) is 22.3. The van der Waals surface area contributed by atoms with Crippen LogP contribution in [0, 0.1) is 13.8 Å². The average Bonchev–Trinajstić information content (AvgIpc) is 3.03. The first kappa shape index (κ1) is 32.3. The third-order valence-electron chi connectivity index (χ3n) is 5.78. The second-order valence-electron chi connectivity index (χ2n) is 9.61. The van der Waals surface area contributed by atoms with E-state index < -0.39 is 50.6 Å². The highest BCUT2D eigenvalue weighted by molar-refractivity contribution is 7.90. The van der Waals surface area contributed by atoms with Gasteiger partial charge in [0, 0.05) is 17.4 Å². The zero-order valence-corrected chi connectivity index (χ0v) is 23.2. The van der Waals surface area contributed by atoms with Crippen LogP contribution >= 0.6 is 0 Å². The number of sulfone groups is 1. The van der Waals surface area contributed by atoms with Crippen LogP contribution in [0.4, 0.5) is 36.4 Å². The van der Waals surface area contributed by atoms with Crippen molar-refractivity contribution in [2.45, 2.75) is 65.1 Å². The van der Waals surface area contributed by atoms with Crippen molar-refractivity contribution in [1.82, 2.24) is 0 Å². The third kappa shape index (κ3) is 6.12. The van der Waals surface area contributed by atoms with Crippen LogP contribution in [0.5, 0.6) is 0 Å². The van der Waals surface area contributed by atoms with E-state index in [1.54, 1.807) is 19.1 Å². The lowest BCUT2D eigenvalue weighted by Crippen LogP contribution is -2.50. The van der Waals surface area contributed by atoms with Crippen molar-refractivity contribution in [2.75, 3.05) is 16.9 Å². The molecule has 1 aliphatic rings. The SMILES string of the molecule is CC.Cc1cc(C(F)(C(F)(F)F)C(F)(F)F)ccc1N1C(=O)c2cccc(C)c2C1=NC(C)(C)CS(C)(=O)=O. The van der Waals surface area contributed by atoms with E-state index in [-0.39, 0.29) is 22.6 Å². The molecule has 13 heteroatoms. The lowest BCUT2D eigenvalue weighted by Gasteiger charge is -2.31. The average molecular weight is 583 g/mol. The van der Waals surface area contributed by atoms with E-state index in [1.165, 1.54) is 19.9 Å². The van der Waals surface area contributed by atoms with E-state index in [4.69, 9.17) is 0 Å². The van der Waals surface area contributed by atoms with E-state index in [0.717, 1.165) is 24.1 Å². The summed E-state index contributed by atoms with van der Waals surface area (Å²) in [7, 11) is -3.53. The van der Waals surface area contributed by atoms with Gasteiger partial charge >= 0.3 is 18.0 Å². The van der Waals surface area contributed by atoms with Crippen molar-refractivity contribution >= 4 is 27.3 Å². The highest BCUT2D eigenvalue weighted by Crippen LogP contribution is 2.53. The molecule has 1 heterocycles. The Morgan fingerprint density at radius 1 is 0.872 bits per heavy atom. The molecule has 0 N–H and O–H groups in total. The number of alkyl halides is 7. The molecule has 3 rings (SSSR count). The van der Waals surface area contributed by atoms with Crippen LogP contribution < -0.4 is 4.90 Å². The van der Waals surface area contributed by atoms with Gasteiger partial charge in [0.15, 0.2) is 0 Å². The first-order valence-electron chi connectivity index (χ1n) is 11.8. The maximum atomic E-state index is 14.6. The molecule has 39 heavy (non-hydrogen) atoms. The number of amides is 1. The number of aliphatic imine (C=N–C) groups is 1. The van der Waals surface area contributed by atoms with Gasteiger partial charge in [-0.3, -0.25) is 14.7 Å². The van der Waals surface area contributed by atoms with Crippen molar-refractivity contribution < 1.29 is 43.9 Å². The summed E-state index contributed by atoms with van der Waals surface area (Å²) in [5.41, 5.74) is -7.92. The molecule has 0 atom stereocenters.